The molecule has 0 aliphatic heterocycles. The van der Waals surface area contributed by atoms with Gasteiger partial charge in [0.2, 0.25) is 0 Å². The van der Waals surface area contributed by atoms with Crippen molar-refractivity contribution in [3.8, 4) is 0 Å². The summed E-state index contributed by atoms with van der Waals surface area (Å²) in [6.07, 6.45) is 1.46. The van der Waals surface area contributed by atoms with Crippen LogP contribution in [0.1, 0.15) is 12.5 Å². The molecule has 0 radical (unpaired) electrons. The van der Waals surface area contributed by atoms with Gasteiger partial charge in [0.05, 0.1) is 5.75 Å². The van der Waals surface area contributed by atoms with Gasteiger partial charge in [0.1, 0.15) is 5.82 Å². The molecule has 1 aromatic carbocycles. The summed E-state index contributed by atoms with van der Waals surface area (Å²) < 4.78 is 34.6. The summed E-state index contributed by atoms with van der Waals surface area (Å²) in [5.74, 6) is -0.259. The highest BCUT2D eigenvalue weighted by atomic mass is 32.2. The topological polar surface area (TPSA) is 34.1 Å². The van der Waals surface area contributed by atoms with E-state index in [9.17, 15) is 12.8 Å². The number of benzene rings is 1. The molecule has 0 fully saturated rings. The van der Waals surface area contributed by atoms with Crippen LogP contribution in [-0.2, 0) is 9.84 Å². The van der Waals surface area contributed by atoms with E-state index in [0.29, 0.717) is 5.56 Å². The highest BCUT2D eigenvalue weighted by Gasteiger charge is 1.99. The Bertz CT molecular complexity index is 418. The van der Waals surface area contributed by atoms with Crippen LogP contribution in [0, 0.1) is 5.82 Å². The molecule has 0 saturated carbocycles. The van der Waals surface area contributed by atoms with Crippen molar-refractivity contribution in [2.75, 3.05) is 5.75 Å². The van der Waals surface area contributed by atoms with Gasteiger partial charge in [0.25, 0.3) is 0 Å². The zero-order valence-corrected chi connectivity index (χ0v) is 8.59. The molecule has 1 aromatic rings. The lowest BCUT2D eigenvalue weighted by Crippen LogP contribution is -1.96. The maximum atomic E-state index is 12.5. The van der Waals surface area contributed by atoms with Crippen molar-refractivity contribution in [3.05, 3.63) is 41.1 Å². The Kier molecular flexibility index (Phi) is 3.41. The van der Waals surface area contributed by atoms with E-state index in [1.165, 1.54) is 30.3 Å². The minimum atomic E-state index is -3.10. The zero-order chi connectivity index (χ0) is 10.6. The largest absolute Gasteiger partial charge is 0.224 e. The zero-order valence-electron chi connectivity index (χ0n) is 7.77. The van der Waals surface area contributed by atoms with Gasteiger partial charge in [0, 0.05) is 5.41 Å². The first kappa shape index (κ1) is 10.9. The van der Waals surface area contributed by atoms with Gasteiger partial charge in [-0.25, -0.2) is 12.8 Å². The summed E-state index contributed by atoms with van der Waals surface area (Å²) in [5.41, 5.74) is 0.670. The predicted octanol–water partition coefficient (Wildman–Crippen LogP) is 2.23. The van der Waals surface area contributed by atoms with Crippen molar-refractivity contribution in [1.82, 2.24) is 0 Å². The molecule has 0 aliphatic rings. The Balaban J connectivity index is 2.84. The molecule has 0 aliphatic carbocycles. The fourth-order valence-corrected chi connectivity index (χ4v) is 1.41. The van der Waals surface area contributed by atoms with Gasteiger partial charge in [-0.1, -0.05) is 19.1 Å². The molecule has 4 heteroatoms. The molecule has 0 bridgehead atoms. The van der Waals surface area contributed by atoms with Crippen LogP contribution in [0.5, 0.6) is 0 Å². The molecular formula is C10H11FO2S. The molecule has 0 N–H and O–H groups in total. The first-order valence-electron chi connectivity index (χ1n) is 4.20. The van der Waals surface area contributed by atoms with Gasteiger partial charge in [-0.3, -0.25) is 0 Å². The predicted molar refractivity (Wildman–Crippen MR) is 54.9 cm³/mol. The Morgan fingerprint density at radius 1 is 1.29 bits per heavy atom. The third-order valence-corrected chi connectivity index (χ3v) is 3.10. The van der Waals surface area contributed by atoms with Crippen molar-refractivity contribution in [1.29, 1.82) is 0 Å². The molecule has 0 atom stereocenters. The van der Waals surface area contributed by atoms with E-state index in [1.807, 2.05) is 0 Å². The van der Waals surface area contributed by atoms with Gasteiger partial charge in [-0.15, -0.1) is 0 Å². The van der Waals surface area contributed by atoms with Gasteiger partial charge in [-0.2, -0.15) is 0 Å². The summed E-state index contributed by atoms with van der Waals surface area (Å²) in [7, 11) is -3.10. The highest BCUT2D eigenvalue weighted by Crippen LogP contribution is 2.06. The second-order valence-corrected chi connectivity index (χ2v) is 4.98. The molecule has 0 spiro atoms. The Morgan fingerprint density at radius 3 is 2.36 bits per heavy atom. The fraction of sp³-hybridized carbons (Fsp3) is 0.200. The van der Waals surface area contributed by atoms with Crippen LogP contribution in [0.4, 0.5) is 4.39 Å². The maximum Gasteiger partial charge on any atom is 0.171 e. The quantitative estimate of drug-likeness (QED) is 0.773. The van der Waals surface area contributed by atoms with E-state index in [4.69, 9.17) is 0 Å². The fourth-order valence-electron chi connectivity index (χ4n) is 0.852. The normalized spacial score (nSPS) is 12.1. The minimum absolute atomic E-state index is 0.0741. The summed E-state index contributed by atoms with van der Waals surface area (Å²) in [6, 6.07) is 5.63. The Morgan fingerprint density at radius 2 is 1.86 bits per heavy atom. The van der Waals surface area contributed by atoms with Crippen molar-refractivity contribution in [3.63, 3.8) is 0 Å². The van der Waals surface area contributed by atoms with E-state index in [0.717, 1.165) is 5.41 Å². The van der Waals surface area contributed by atoms with E-state index in [-0.39, 0.29) is 11.6 Å². The van der Waals surface area contributed by atoms with Crippen molar-refractivity contribution in [2.45, 2.75) is 6.92 Å². The molecule has 76 valence electrons. The van der Waals surface area contributed by atoms with Gasteiger partial charge in [0.15, 0.2) is 9.84 Å². The van der Waals surface area contributed by atoms with E-state index < -0.39 is 9.84 Å². The van der Waals surface area contributed by atoms with Crippen LogP contribution in [0.15, 0.2) is 29.7 Å². The van der Waals surface area contributed by atoms with Crippen molar-refractivity contribution < 1.29 is 12.8 Å². The number of halogens is 1. The lowest BCUT2D eigenvalue weighted by Gasteiger charge is -1.93. The second kappa shape index (κ2) is 4.37. The molecule has 0 saturated heterocycles. The minimum Gasteiger partial charge on any atom is -0.224 e. The van der Waals surface area contributed by atoms with Crippen molar-refractivity contribution >= 4 is 15.9 Å². The maximum absolute atomic E-state index is 12.5. The second-order valence-electron chi connectivity index (χ2n) is 2.81. The standard InChI is InChI=1S/C10H11FO2S/c1-2-14(12,13)8-7-9-3-5-10(11)6-4-9/h3-8H,2H2,1H3. The lowest BCUT2D eigenvalue weighted by molar-refractivity contribution is 0.606. The van der Waals surface area contributed by atoms with Crippen LogP contribution in [0.3, 0.4) is 0 Å². The summed E-state index contributed by atoms with van der Waals surface area (Å²) in [6.45, 7) is 1.57. The number of rotatable bonds is 3. The van der Waals surface area contributed by atoms with Gasteiger partial charge in [-0.05, 0) is 23.8 Å². The SMILES string of the molecule is CCS(=O)(=O)C=Cc1ccc(F)cc1. The molecule has 14 heavy (non-hydrogen) atoms. The van der Waals surface area contributed by atoms with Gasteiger partial charge >= 0.3 is 0 Å². The van der Waals surface area contributed by atoms with Crippen LogP contribution in [0.2, 0.25) is 0 Å². The number of hydrogen-bond acceptors (Lipinski definition) is 2. The van der Waals surface area contributed by atoms with E-state index >= 15 is 0 Å². The third-order valence-electron chi connectivity index (χ3n) is 1.74. The first-order valence-corrected chi connectivity index (χ1v) is 5.91. The Labute approximate surface area is 83.0 Å². The smallest absolute Gasteiger partial charge is 0.171 e. The number of sulfone groups is 1. The first-order chi connectivity index (χ1) is 6.53. The van der Waals surface area contributed by atoms with Crippen LogP contribution >= 0.6 is 0 Å². The van der Waals surface area contributed by atoms with E-state index in [1.54, 1.807) is 6.92 Å². The summed E-state index contributed by atoms with van der Waals surface area (Å²) >= 11 is 0. The summed E-state index contributed by atoms with van der Waals surface area (Å²) in [5, 5.41) is 1.14. The number of hydrogen-bond donors (Lipinski definition) is 0. The molecule has 0 amide bonds. The third kappa shape index (κ3) is 3.30. The molecule has 0 unspecified atom stereocenters. The van der Waals surface area contributed by atoms with Crippen molar-refractivity contribution in [2.24, 2.45) is 0 Å². The highest BCUT2D eigenvalue weighted by molar-refractivity contribution is 7.94. The average molecular weight is 214 g/mol. The van der Waals surface area contributed by atoms with E-state index in [2.05, 4.69) is 0 Å². The molecule has 2 nitrogen and oxygen atoms in total. The molecule has 0 heterocycles. The molecule has 1 rings (SSSR count). The Hall–Kier alpha value is -1.16. The molecule has 0 aromatic heterocycles. The molecular weight excluding hydrogens is 203 g/mol. The van der Waals surface area contributed by atoms with Crippen LogP contribution < -0.4 is 0 Å². The monoisotopic (exact) mass is 214 g/mol. The lowest BCUT2D eigenvalue weighted by atomic mass is 10.2. The van der Waals surface area contributed by atoms with Crippen LogP contribution in [-0.4, -0.2) is 14.2 Å². The summed E-state index contributed by atoms with van der Waals surface area (Å²) in [4.78, 5) is 0. The van der Waals surface area contributed by atoms with Crippen LogP contribution in [0.25, 0.3) is 6.08 Å². The van der Waals surface area contributed by atoms with Gasteiger partial charge < -0.3 is 0 Å². The average Bonchev–Trinajstić information content (AvgIpc) is 2.17.